The van der Waals surface area contributed by atoms with Gasteiger partial charge in [0.05, 0.1) is 37.2 Å². The van der Waals surface area contributed by atoms with Crippen molar-refractivity contribution in [1.29, 1.82) is 0 Å². The molecule has 0 aliphatic carbocycles. The van der Waals surface area contributed by atoms with Crippen LogP contribution in [0.1, 0.15) is 59.3 Å². The molecule has 3 aliphatic heterocycles. The summed E-state index contributed by atoms with van der Waals surface area (Å²) >= 11 is 0. The van der Waals surface area contributed by atoms with E-state index in [9.17, 15) is 19.5 Å². The molecule has 1 aromatic carbocycles. The number of hydrogen-bond donors (Lipinski definition) is 3. The Kier molecular flexibility index (Phi) is 8.20. The van der Waals surface area contributed by atoms with Crippen LogP contribution in [0.15, 0.2) is 24.3 Å². The number of carbonyl (C=O) groups is 3. The van der Waals surface area contributed by atoms with E-state index in [1.54, 1.807) is 24.3 Å². The predicted molar refractivity (Wildman–Crippen MR) is 134 cm³/mol. The number of hydrogen-bond acceptors (Lipinski definition) is 6. The Balaban J connectivity index is 1.59. The van der Waals surface area contributed by atoms with E-state index in [0.717, 1.165) is 19.3 Å². The molecule has 0 radical (unpaired) electrons. The van der Waals surface area contributed by atoms with Crippen LogP contribution < -0.4 is 15.4 Å². The van der Waals surface area contributed by atoms with Crippen molar-refractivity contribution < 1.29 is 29.0 Å². The first-order valence-electron chi connectivity index (χ1n) is 13.3. The number of unbranched alkanes of at least 4 members (excludes halogenated alkanes) is 2. The predicted octanol–water partition coefficient (Wildman–Crippen LogP) is 2.48. The van der Waals surface area contributed by atoms with Gasteiger partial charge in [-0.3, -0.25) is 14.4 Å². The fourth-order valence-corrected chi connectivity index (χ4v) is 6.21. The van der Waals surface area contributed by atoms with Crippen LogP contribution in [0.3, 0.4) is 0 Å². The molecule has 0 saturated carbocycles. The minimum atomic E-state index is -1.06. The van der Waals surface area contributed by atoms with E-state index in [0.29, 0.717) is 43.9 Å². The average molecular weight is 502 g/mol. The SMILES string of the molecule is CCCCCNC(=O)C1N([C@@H](CC)CO)C(=O)[C@@H]2[C@H](C(=O)Nc3ccc(OCC)cc3)[C@@H]3CCC12O3. The lowest BCUT2D eigenvalue weighted by Crippen LogP contribution is -2.58. The molecule has 198 valence electrons. The van der Waals surface area contributed by atoms with E-state index in [2.05, 4.69) is 17.6 Å². The largest absolute Gasteiger partial charge is 0.494 e. The number of fused-ring (bicyclic) bond motifs is 1. The highest BCUT2D eigenvalue weighted by molar-refractivity contribution is 6.02. The summed E-state index contributed by atoms with van der Waals surface area (Å²) < 4.78 is 11.9. The summed E-state index contributed by atoms with van der Waals surface area (Å²) in [6.45, 7) is 6.70. The van der Waals surface area contributed by atoms with Gasteiger partial charge in [0.2, 0.25) is 17.7 Å². The molecular weight excluding hydrogens is 462 g/mol. The van der Waals surface area contributed by atoms with Gasteiger partial charge >= 0.3 is 0 Å². The number of nitrogens with one attached hydrogen (secondary N) is 2. The lowest BCUT2D eigenvalue weighted by Gasteiger charge is -2.36. The lowest BCUT2D eigenvalue weighted by molar-refractivity contribution is -0.145. The quantitative estimate of drug-likeness (QED) is 0.379. The van der Waals surface area contributed by atoms with Crippen LogP contribution in [0, 0.1) is 11.8 Å². The Morgan fingerprint density at radius 1 is 1.19 bits per heavy atom. The molecular formula is C27H39N3O6. The Hall–Kier alpha value is -2.65. The zero-order valence-electron chi connectivity index (χ0n) is 21.5. The van der Waals surface area contributed by atoms with Gasteiger partial charge in [-0.2, -0.15) is 0 Å². The highest BCUT2D eigenvalue weighted by atomic mass is 16.5. The van der Waals surface area contributed by atoms with Crippen LogP contribution in [0.4, 0.5) is 5.69 Å². The number of aliphatic hydroxyl groups is 1. The summed E-state index contributed by atoms with van der Waals surface area (Å²) in [5.74, 6) is -1.58. The first-order valence-corrected chi connectivity index (χ1v) is 13.3. The minimum Gasteiger partial charge on any atom is -0.494 e. The molecule has 3 amide bonds. The van der Waals surface area contributed by atoms with Gasteiger partial charge in [0.15, 0.2) is 0 Å². The Morgan fingerprint density at radius 3 is 2.58 bits per heavy atom. The summed E-state index contributed by atoms with van der Waals surface area (Å²) in [4.78, 5) is 42.4. The normalized spacial score (nSPS) is 29.2. The van der Waals surface area contributed by atoms with E-state index < -0.39 is 35.6 Å². The third-order valence-corrected chi connectivity index (χ3v) is 7.88. The molecule has 2 unspecified atom stereocenters. The molecule has 3 saturated heterocycles. The molecule has 6 atom stereocenters. The number of rotatable bonds is 12. The molecule has 9 nitrogen and oxygen atoms in total. The zero-order chi connectivity index (χ0) is 25.9. The standard InChI is InChI=1S/C27H39N3O6/c1-4-7-8-15-28-25(33)23-27-14-13-20(36-27)21(22(27)26(34)30(23)18(5-2)16-31)24(32)29-17-9-11-19(12-10-17)35-6-3/h9-12,18,20-23,31H,4-8,13-16H2,1-3H3,(H,28,33)(H,29,32)/t18-,20-,21+,22-,23?,27?/m0/s1. The fraction of sp³-hybridized carbons (Fsp3) is 0.667. The maximum atomic E-state index is 13.9. The molecule has 0 aromatic heterocycles. The Morgan fingerprint density at radius 2 is 1.94 bits per heavy atom. The van der Waals surface area contributed by atoms with Gasteiger partial charge in [0.1, 0.15) is 17.4 Å². The molecule has 1 aromatic rings. The van der Waals surface area contributed by atoms with Gasteiger partial charge in [0, 0.05) is 12.2 Å². The first kappa shape index (κ1) is 26.4. The molecule has 9 heteroatoms. The summed E-state index contributed by atoms with van der Waals surface area (Å²) in [5, 5.41) is 16.0. The molecule has 1 spiro atoms. The third-order valence-electron chi connectivity index (χ3n) is 7.88. The number of ether oxygens (including phenoxy) is 2. The van der Waals surface area contributed by atoms with E-state index in [4.69, 9.17) is 9.47 Å². The molecule has 2 bridgehead atoms. The number of likely N-dealkylation sites (tertiary alicyclic amines) is 1. The number of benzene rings is 1. The van der Waals surface area contributed by atoms with E-state index >= 15 is 0 Å². The Bertz CT molecular complexity index is 949. The van der Waals surface area contributed by atoms with Crippen molar-refractivity contribution >= 4 is 23.4 Å². The summed E-state index contributed by atoms with van der Waals surface area (Å²) in [7, 11) is 0. The molecule has 3 aliphatic rings. The van der Waals surface area contributed by atoms with E-state index in [1.807, 2.05) is 13.8 Å². The van der Waals surface area contributed by atoms with Crippen molar-refractivity contribution in [2.24, 2.45) is 11.8 Å². The lowest BCUT2D eigenvalue weighted by atomic mass is 9.70. The van der Waals surface area contributed by atoms with Gasteiger partial charge in [-0.25, -0.2) is 0 Å². The van der Waals surface area contributed by atoms with Crippen molar-refractivity contribution in [3.05, 3.63) is 24.3 Å². The monoisotopic (exact) mass is 501 g/mol. The van der Waals surface area contributed by atoms with Crippen molar-refractivity contribution in [3.8, 4) is 5.75 Å². The summed E-state index contributed by atoms with van der Waals surface area (Å²) in [6, 6.07) is 5.73. The smallest absolute Gasteiger partial charge is 0.245 e. The zero-order valence-corrected chi connectivity index (χ0v) is 21.5. The van der Waals surface area contributed by atoms with Crippen LogP contribution in [0.5, 0.6) is 5.75 Å². The topological polar surface area (TPSA) is 117 Å². The number of aliphatic hydroxyl groups excluding tert-OH is 1. The van der Waals surface area contributed by atoms with Crippen molar-refractivity contribution in [1.82, 2.24) is 10.2 Å². The molecule has 3 N–H and O–H groups in total. The molecule has 3 heterocycles. The van der Waals surface area contributed by atoms with E-state index in [-0.39, 0.29) is 24.3 Å². The summed E-state index contributed by atoms with van der Waals surface area (Å²) in [5.41, 5.74) is -0.449. The maximum Gasteiger partial charge on any atom is 0.245 e. The van der Waals surface area contributed by atoms with Crippen molar-refractivity contribution in [2.75, 3.05) is 25.1 Å². The maximum absolute atomic E-state index is 13.9. The summed E-state index contributed by atoms with van der Waals surface area (Å²) in [6.07, 6.45) is 4.11. The van der Waals surface area contributed by atoms with Crippen LogP contribution >= 0.6 is 0 Å². The fourth-order valence-electron chi connectivity index (χ4n) is 6.21. The number of nitrogens with zero attached hydrogens (tertiary/aromatic N) is 1. The molecule has 36 heavy (non-hydrogen) atoms. The van der Waals surface area contributed by atoms with Crippen LogP contribution in [-0.2, 0) is 19.1 Å². The van der Waals surface area contributed by atoms with Gasteiger partial charge in [-0.15, -0.1) is 0 Å². The van der Waals surface area contributed by atoms with Crippen molar-refractivity contribution in [2.45, 2.75) is 83.1 Å². The highest BCUT2D eigenvalue weighted by Gasteiger charge is 2.74. The highest BCUT2D eigenvalue weighted by Crippen LogP contribution is 2.59. The molecule has 4 rings (SSSR count). The average Bonchev–Trinajstić information content (AvgIpc) is 3.52. The van der Waals surface area contributed by atoms with Crippen LogP contribution in [0.2, 0.25) is 0 Å². The Labute approximate surface area is 212 Å². The second kappa shape index (κ2) is 11.2. The van der Waals surface area contributed by atoms with Gasteiger partial charge in [0.25, 0.3) is 0 Å². The van der Waals surface area contributed by atoms with Crippen LogP contribution in [-0.4, -0.2) is 71.3 Å². The third kappa shape index (κ3) is 4.59. The number of amides is 3. The minimum absolute atomic E-state index is 0.253. The van der Waals surface area contributed by atoms with Gasteiger partial charge < -0.3 is 30.1 Å². The first-order chi connectivity index (χ1) is 17.4. The number of anilines is 1. The molecule has 3 fully saturated rings. The second-order valence-electron chi connectivity index (χ2n) is 9.99. The van der Waals surface area contributed by atoms with Crippen LogP contribution in [0.25, 0.3) is 0 Å². The van der Waals surface area contributed by atoms with Gasteiger partial charge in [-0.1, -0.05) is 26.7 Å². The number of carbonyl (C=O) groups excluding carboxylic acids is 3. The van der Waals surface area contributed by atoms with Crippen molar-refractivity contribution in [3.63, 3.8) is 0 Å². The second-order valence-corrected chi connectivity index (χ2v) is 9.99. The van der Waals surface area contributed by atoms with Gasteiger partial charge in [-0.05, 0) is 56.9 Å². The van der Waals surface area contributed by atoms with E-state index in [1.165, 1.54) is 4.90 Å².